The number of halogens is 1. The van der Waals surface area contributed by atoms with E-state index in [9.17, 15) is 4.39 Å². The number of rotatable bonds is 4. The van der Waals surface area contributed by atoms with Crippen molar-refractivity contribution in [1.29, 1.82) is 0 Å². The Morgan fingerprint density at radius 2 is 2.10 bits per heavy atom. The molecule has 20 heavy (non-hydrogen) atoms. The molecule has 0 saturated heterocycles. The predicted molar refractivity (Wildman–Crippen MR) is 74.5 cm³/mol. The molecule has 1 aromatic carbocycles. The first kappa shape index (κ1) is 14.5. The van der Waals surface area contributed by atoms with Crippen molar-refractivity contribution in [2.75, 3.05) is 7.11 Å². The zero-order chi connectivity index (χ0) is 14.8. The van der Waals surface area contributed by atoms with E-state index in [0.717, 1.165) is 5.69 Å². The van der Waals surface area contributed by atoms with Gasteiger partial charge in [-0.2, -0.15) is 0 Å². The molecule has 2 rings (SSSR count). The molecule has 0 aliphatic carbocycles. The standard InChI is InChI=1S/C14H19FN4O/c1-14(2,3)16-8-10-9-17-18-19(10)13-7-11(20-4)5-6-12(13)15/h5-7,9,16H,8H2,1-4H3. The third-order valence-electron chi connectivity index (χ3n) is 2.80. The summed E-state index contributed by atoms with van der Waals surface area (Å²) < 4.78 is 20.6. The summed E-state index contributed by atoms with van der Waals surface area (Å²) in [7, 11) is 1.54. The minimum atomic E-state index is -0.367. The van der Waals surface area contributed by atoms with Gasteiger partial charge in [0.2, 0.25) is 0 Å². The maximum absolute atomic E-state index is 14.0. The molecule has 1 aromatic heterocycles. The molecule has 0 spiro atoms. The maximum Gasteiger partial charge on any atom is 0.149 e. The van der Waals surface area contributed by atoms with Gasteiger partial charge < -0.3 is 10.1 Å². The lowest BCUT2D eigenvalue weighted by Crippen LogP contribution is -2.35. The molecule has 108 valence electrons. The number of methoxy groups -OCH3 is 1. The Labute approximate surface area is 117 Å². The number of hydrogen-bond donors (Lipinski definition) is 1. The van der Waals surface area contributed by atoms with E-state index in [-0.39, 0.29) is 11.4 Å². The summed E-state index contributed by atoms with van der Waals surface area (Å²) in [5, 5.41) is 11.1. The number of nitrogens with one attached hydrogen (secondary N) is 1. The van der Waals surface area contributed by atoms with Gasteiger partial charge in [0.1, 0.15) is 17.3 Å². The van der Waals surface area contributed by atoms with Gasteiger partial charge in [-0.3, -0.25) is 0 Å². The van der Waals surface area contributed by atoms with Gasteiger partial charge in [-0.1, -0.05) is 5.21 Å². The molecule has 5 nitrogen and oxygen atoms in total. The van der Waals surface area contributed by atoms with E-state index in [4.69, 9.17) is 4.74 Å². The summed E-state index contributed by atoms with van der Waals surface area (Å²) in [6.07, 6.45) is 1.62. The highest BCUT2D eigenvalue weighted by atomic mass is 19.1. The summed E-state index contributed by atoms with van der Waals surface area (Å²) in [6.45, 7) is 6.74. The van der Waals surface area contributed by atoms with Crippen LogP contribution in [0.25, 0.3) is 5.69 Å². The average Bonchev–Trinajstić information content (AvgIpc) is 2.84. The molecule has 0 amide bonds. The van der Waals surface area contributed by atoms with Gasteiger partial charge in [0.05, 0.1) is 19.0 Å². The van der Waals surface area contributed by atoms with Gasteiger partial charge in [-0.05, 0) is 32.9 Å². The fourth-order valence-corrected chi connectivity index (χ4v) is 1.72. The summed E-state index contributed by atoms with van der Waals surface area (Å²) in [5.41, 5.74) is 1.07. The number of aromatic nitrogens is 3. The second-order valence-corrected chi connectivity index (χ2v) is 5.56. The molecule has 6 heteroatoms. The van der Waals surface area contributed by atoms with E-state index in [1.807, 2.05) is 0 Å². The average molecular weight is 278 g/mol. The van der Waals surface area contributed by atoms with Crippen LogP contribution in [0, 0.1) is 5.82 Å². The zero-order valence-electron chi connectivity index (χ0n) is 12.1. The number of hydrogen-bond acceptors (Lipinski definition) is 4. The van der Waals surface area contributed by atoms with Crippen LogP contribution in [0.5, 0.6) is 5.75 Å². The van der Waals surface area contributed by atoms with E-state index in [1.54, 1.807) is 25.4 Å². The lowest BCUT2D eigenvalue weighted by atomic mass is 10.1. The van der Waals surface area contributed by atoms with E-state index in [1.165, 1.54) is 10.7 Å². The van der Waals surface area contributed by atoms with Crippen molar-refractivity contribution in [3.05, 3.63) is 35.9 Å². The molecule has 0 aliphatic heterocycles. The Morgan fingerprint density at radius 1 is 1.35 bits per heavy atom. The van der Waals surface area contributed by atoms with Crippen LogP contribution in [0.3, 0.4) is 0 Å². The smallest absolute Gasteiger partial charge is 0.149 e. The maximum atomic E-state index is 14.0. The topological polar surface area (TPSA) is 52.0 Å². The van der Waals surface area contributed by atoms with Crippen LogP contribution in [0.4, 0.5) is 4.39 Å². The molecule has 0 bridgehead atoms. The number of nitrogens with zero attached hydrogens (tertiary/aromatic N) is 3. The fraction of sp³-hybridized carbons (Fsp3) is 0.429. The fourth-order valence-electron chi connectivity index (χ4n) is 1.72. The van der Waals surface area contributed by atoms with Crippen LogP contribution < -0.4 is 10.1 Å². The predicted octanol–water partition coefficient (Wildman–Crippen LogP) is 2.30. The van der Waals surface area contributed by atoms with Crippen molar-refractivity contribution in [2.45, 2.75) is 32.9 Å². The third-order valence-corrected chi connectivity index (χ3v) is 2.80. The van der Waals surface area contributed by atoms with Crippen molar-refractivity contribution >= 4 is 0 Å². The second-order valence-electron chi connectivity index (χ2n) is 5.56. The Balaban J connectivity index is 2.32. The number of ether oxygens (including phenoxy) is 1. The number of benzene rings is 1. The van der Waals surface area contributed by atoms with Crippen LogP contribution in [0.15, 0.2) is 24.4 Å². The summed E-state index contributed by atoms with van der Waals surface area (Å²) in [4.78, 5) is 0. The first-order chi connectivity index (χ1) is 9.40. The third kappa shape index (κ3) is 3.33. The molecule has 1 heterocycles. The SMILES string of the molecule is COc1ccc(F)c(-n2nncc2CNC(C)(C)C)c1. The second kappa shape index (κ2) is 5.58. The zero-order valence-corrected chi connectivity index (χ0v) is 12.1. The van der Waals surface area contributed by atoms with Crippen LogP contribution in [0.1, 0.15) is 26.5 Å². The first-order valence-electron chi connectivity index (χ1n) is 6.39. The van der Waals surface area contributed by atoms with Crippen molar-refractivity contribution < 1.29 is 9.13 Å². The van der Waals surface area contributed by atoms with Gasteiger partial charge in [0.25, 0.3) is 0 Å². The lowest BCUT2D eigenvalue weighted by Gasteiger charge is -2.20. The summed E-state index contributed by atoms with van der Waals surface area (Å²) in [5.74, 6) is 0.208. The van der Waals surface area contributed by atoms with Crippen molar-refractivity contribution in [3.63, 3.8) is 0 Å². The highest BCUT2D eigenvalue weighted by Crippen LogP contribution is 2.20. The minimum Gasteiger partial charge on any atom is -0.497 e. The molecule has 0 radical (unpaired) electrons. The van der Waals surface area contributed by atoms with Crippen LogP contribution in [0.2, 0.25) is 0 Å². The molecule has 0 atom stereocenters. The Morgan fingerprint density at radius 3 is 2.75 bits per heavy atom. The molecular formula is C14H19FN4O. The van der Waals surface area contributed by atoms with E-state index in [2.05, 4.69) is 36.4 Å². The van der Waals surface area contributed by atoms with Gasteiger partial charge in [0, 0.05) is 18.2 Å². The highest BCUT2D eigenvalue weighted by molar-refractivity contribution is 5.40. The van der Waals surface area contributed by atoms with Crippen LogP contribution in [-0.4, -0.2) is 27.6 Å². The Hall–Kier alpha value is -1.95. The summed E-state index contributed by atoms with van der Waals surface area (Å²) >= 11 is 0. The lowest BCUT2D eigenvalue weighted by molar-refractivity contribution is 0.411. The monoisotopic (exact) mass is 278 g/mol. The van der Waals surface area contributed by atoms with Crippen LogP contribution in [-0.2, 0) is 6.54 Å². The van der Waals surface area contributed by atoms with Gasteiger partial charge >= 0.3 is 0 Å². The molecule has 0 fully saturated rings. The van der Waals surface area contributed by atoms with Gasteiger partial charge in [-0.25, -0.2) is 9.07 Å². The Bertz CT molecular complexity index is 589. The largest absolute Gasteiger partial charge is 0.497 e. The van der Waals surface area contributed by atoms with Crippen molar-refractivity contribution in [2.24, 2.45) is 0 Å². The highest BCUT2D eigenvalue weighted by Gasteiger charge is 2.14. The van der Waals surface area contributed by atoms with E-state index >= 15 is 0 Å². The molecule has 0 aliphatic rings. The Kier molecular flexibility index (Phi) is 4.04. The minimum absolute atomic E-state index is 0.0397. The first-order valence-corrected chi connectivity index (χ1v) is 6.39. The van der Waals surface area contributed by atoms with Gasteiger partial charge in [-0.15, -0.1) is 5.10 Å². The van der Waals surface area contributed by atoms with E-state index in [0.29, 0.717) is 18.0 Å². The molecule has 0 saturated carbocycles. The van der Waals surface area contributed by atoms with Gasteiger partial charge in [0.15, 0.2) is 0 Å². The molecular weight excluding hydrogens is 259 g/mol. The molecule has 2 aromatic rings. The van der Waals surface area contributed by atoms with Crippen molar-refractivity contribution in [3.8, 4) is 11.4 Å². The van der Waals surface area contributed by atoms with Crippen molar-refractivity contribution in [1.82, 2.24) is 20.3 Å². The summed E-state index contributed by atoms with van der Waals surface area (Å²) in [6, 6.07) is 4.53. The molecule has 0 unspecified atom stereocenters. The van der Waals surface area contributed by atoms with Crippen LogP contribution >= 0.6 is 0 Å². The normalized spacial score (nSPS) is 11.7. The molecule has 1 N–H and O–H groups in total. The quantitative estimate of drug-likeness (QED) is 0.932. The van der Waals surface area contributed by atoms with E-state index < -0.39 is 0 Å².